The molecule has 206 valence electrons. The molecule has 2 aromatic carbocycles. The summed E-state index contributed by atoms with van der Waals surface area (Å²) in [6.45, 7) is 3.86. The molecule has 10 nitrogen and oxygen atoms in total. The van der Waals surface area contributed by atoms with Gasteiger partial charge in [-0.1, -0.05) is 30.3 Å². The minimum atomic E-state index is -1.26. The maximum absolute atomic E-state index is 12.4. The lowest BCUT2D eigenvalue weighted by Crippen LogP contribution is -2.34. The number of piperidine rings is 1. The zero-order valence-corrected chi connectivity index (χ0v) is 22.5. The molecule has 0 spiro atoms. The number of amides is 1. The van der Waals surface area contributed by atoms with Gasteiger partial charge in [-0.25, -0.2) is 9.59 Å². The third-order valence-corrected chi connectivity index (χ3v) is 6.86. The van der Waals surface area contributed by atoms with Crippen LogP contribution in [0.2, 0.25) is 0 Å². The van der Waals surface area contributed by atoms with Crippen molar-refractivity contribution in [3.8, 4) is 11.5 Å². The molecular weight excluding hydrogens is 520 g/mol. The molecule has 1 fully saturated rings. The molecule has 0 aliphatic carbocycles. The van der Waals surface area contributed by atoms with Gasteiger partial charge in [-0.05, 0) is 74.4 Å². The van der Waals surface area contributed by atoms with Crippen LogP contribution in [0.5, 0.6) is 0 Å². The van der Waals surface area contributed by atoms with Crippen LogP contribution >= 0.6 is 11.8 Å². The van der Waals surface area contributed by atoms with Crippen LogP contribution in [-0.4, -0.2) is 69.0 Å². The molecule has 0 atom stereocenters. The summed E-state index contributed by atoms with van der Waals surface area (Å²) < 4.78 is 5.57. The first-order valence-electron chi connectivity index (χ1n) is 12.5. The number of hydrogen-bond acceptors (Lipinski definition) is 8. The van der Waals surface area contributed by atoms with E-state index in [-0.39, 0.29) is 11.8 Å². The summed E-state index contributed by atoms with van der Waals surface area (Å²) in [6, 6.07) is 18.5. The maximum atomic E-state index is 12.4. The molecule has 39 heavy (non-hydrogen) atoms. The fraction of sp³-hybridized carbons (Fsp3) is 0.321. The van der Waals surface area contributed by atoms with Crippen molar-refractivity contribution in [2.75, 3.05) is 25.9 Å². The fourth-order valence-corrected chi connectivity index (χ4v) is 4.46. The monoisotopic (exact) mass is 552 g/mol. The van der Waals surface area contributed by atoms with Gasteiger partial charge >= 0.3 is 23.7 Å². The topological polar surface area (TPSA) is 146 Å². The fourth-order valence-electron chi connectivity index (χ4n) is 4.05. The smallest absolute Gasteiger partial charge is 0.328 e. The highest BCUT2D eigenvalue weighted by atomic mass is 32.2. The van der Waals surface area contributed by atoms with Crippen LogP contribution < -0.4 is 5.32 Å². The summed E-state index contributed by atoms with van der Waals surface area (Å²) in [6.07, 6.45) is 6.45. The Labute approximate surface area is 231 Å². The normalized spacial score (nSPS) is 14.0. The molecule has 1 amide bonds. The van der Waals surface area contributed by atoms with Crippen LogP contribution in [0.4, 0.5) is 0 Å². The minimum absolute atomic E-state index is 0.0154. The highest BCUT2D eigenvalue weighted by Crippen LogP contribution is 2.23. The van der Waals surface area contributed by atoms with Gasteiger partial charge in [0.2, 0.25) is 5.89 Å². The van der Waals surface area contributed by atoms with Crippen molar-refractivity contribution in [3.63, 3.8) is 0 Å². The van der Waals surface area contributed by atoms with Crippen molar-refractivity contribution >= 4 is 29.6 Å². The first-order chi connectivity index (χ1) is 18.8. The number of aromatic nitrogens is 2. The number of hydrogen-bond donors (Lipinski definition) is 3. The molecule has 4 rings (SSSR count). The number of likely N-dealkylation sites (tertiary alicyclic amines) is 1. The van der Waals surface area contributed by atoms with E-state index in [2.05, 4.69) is 50.7 Å². The molecule has 1 aliphatic rings. The largest absolute Gasteiger partial charge is 0.478 e. The molecule has 0 unspecified atom stereocenters. The number of nitrogens with one attached hydrogen (secondary N) is 1. The maximum Gasteiger partial charge on any atom is 0.328 e. The van der Waals surface area contributed by atoms with Crippen LogP contribution in [0.15, 0.2) is 76.1 Å². The van der Waals surface area contributed by atoms with E-state index in [0.29, 0.717) is 30.5 Å². The Bertz CT molecular complexity index is 1220. The molecule has 3 N–H and O–H groups in total. The Morgan fingerprint density at radius 1 is 1.00 bits per heavy atom. The number of thioether (sulfide) groups is 1. The molecule has 0 bridgehead atoms. The standard InChI is InChI=1S/C24H28N4O2S.C4H4O4/c1-31-21-9-7-20(8-10-21)23-26-27-24(30-23)22(29)25-14-11-18-12-15-28(16-13-18)17-19-5-3-2-4-6-19;5-3(6)1-2-4(7)8/h2-10,18H,11-17H2,1H3,(H,25,29);1-2H,(H,5,6)(H,7,8)/b;2-1+. The number of carboxylic acid groups (broad SMARTS) is 2. The number of carbonyl (C=O) groups excluding carboxylic acids is 1. The van der Waals surface area contributed by atoms with Gasteiger partial charge in [0.15, 0.2) is 0 Å². The molecule has 11 heteroatoms. The lowest BCUT2D eigenvalue weighted by Gasteiger charge is -2.32. The van der Waals surface area contributed by atoms with E-state index in [4.69, 9.17) is 14.6 Å². The van der Waals surface area contributed by atoms with Gasteiger partial charge < -0.3 is 19.9 Å². The Balaban J connectivity index is 0.000000459. The van der Waals surface area contributed by atoms with Gasteiger partial charge in [-0.15, -0.1) is 22.0 Å². The Hall–Kier alpha value is -3.96. The van der Waals surface area contributed by atoms with Crippen molar-refractivity contribution in [2.45, 2.75) is 30.7 Å². The van der Waals surface area contributed by atoms with Crippen LogP contribution in [0.25, 0.3) is 11.5 Å². The Kier molecular flexibility index (Phi) is 11.7. The van der Waals surface area contributed by atoms with Crippen LogP contribution in [0, 0.1) is 5.92 Å². The van der Waals surface area contributed by atoms with Crippen molar-refractivity contribution in [1.82, 2.24) is 20.4 Å². The molecule has 1 aromatic heterocycles. The zero-order chi connectivity index (χ0) is 28.0. The van der Waals surface area contributed by atoms with E-state index >= 15 is 0 Å². The lowest BCUT2D eigenvalue weighted by molar-refractivity contribution is -0.134. The zero-order valence-electron chi connectivity index (χ0n) is 21.7. The summed E-state index contributed by atoms with van der Waals surface area (Å²) in [4.78, 5) is 35.1. The summed E-state index contributed by atoms with van der Waals surface area (Å²) in [5, 5.41) is 26.5. The molecule has 0 radical (unpaired) electrons. The van der Waals surface area contributed by atoms with Crippen molar-refractivity contribution in [3.05, 3.63) is 78.2 Å². The first kappa shape index (κ1) is 29.6. The number of carboxylic acids is 2. The molecule has 1 aliphatic heterocycles. The highest BCUT2D eigenvalue weighted by Gasteiger charge is 2.20. The summed E-state index contributed by atoms with van der Waals surface area (Å²) in [5.74, 6) is -1.80. The highest BCUT2D eigenvalue weighted by molar-refractivity contribution is 7.98. The second-order valence-corrected chi connectivity index (χ2v) is 9.78. The molecular formula is C28H32N4O6S. The van der Waals surface area contributed by atoms with E-state index in [1.807, 2.05) is 30.5 Å². The quantitative estimate of drug-likeness (QED) is 0.247. The number of aliphatic carboxylic acids is 2. The molecule has 1 saturated heterocycles. The number of rotatable bonds is 10. The average molecular weight is 553 g/mol. The third kappa shape index (κ3) is 10.4. The Morgan fingerprint density at radius 3 is 2.23 bits per heavy atom. The predicted octanol–water partition coefficient (Wildman–Crippen LogP) is 4.20. The predicted molar refractivity (Wildman–Crippen MR) is 147 cm³/mol. The second-order valence-electron chi connectivity index (χ2n) is 8.90. The van der Waals surface area contributed by atoms with Gasteiger partial charge in [-0.3, -0.25) is 9.69 Å². The van der Waals surface area contributed by atoms with E-state index in [0.717, 1.165) is 36.5 Å². The van der Waals surface area contributed by atoms with Gasteiger partial charge in [-0.2, -0.15) is 0 Å². The third-order valence-electron chi connectivity index (χ3n) is 6.12. The van der Waals surface area contributed by atoms with Crippen LogP contribution in [0.1, 0.15) is 35.5 Å². The molecule has 2 heterocycles. The minimum Gasteiger partial charge on any atom is -0.478 e. The summed E-state index contributed by atoms with van der Waals surface area (Å²) in [5.41, 5.74) is 2.18. The second kappa shape index (κ2) is 15.5. The van der Waals surface area contributed by atoms with E-state index in [9.17, 15) is 14.4 Å². The van der Waals surface area contributed by atoms with Crippen molar-refractivity contribution in [2.24, 2.45) is 5.92 Å². The summed E-state index contributed by atoms with van der Waals surface area (Å²) >= 11 is 1.67. The van der Waals surface area contributed by atoms with Gasteiger partial charge in [0, 0.05) is 35.7 Å². The number of benzene rings is 2. The first-order valence-corrected chi connectivity index (χ1v) is 13.7. The lowest BCUT2D eigenvalue weighted by atomic mass is 9.93. The Morgan fingerprint density at radius 2 is 1.64 bits per heavy atom. The average Bonchev–Trinajstić information content (AvgIpc) is 3.44. The van der Waals surface area contributed by atoms with Crippen molar-refractivity contribution < 1.29 is 29.0 Å². The van der Waals surface area contributed by atoms with E-state index in [1.54, 1.807) is 11.8 Å². The van der Waals surface area contributed by atoms with Gasteiger partial charge in [0.05, 0.1) is 0 Å². The van der Waals surface area contributed by atoms with E-state index in [1.165, 1.54) is 18.4 Å². The number of nitrogens with zero attached hydrogens (tertiary/aromatic N) is 3. The number of carbonyl (C=O) groups is 3. The summed E-state index contributed by atoms with van der Waals surface area (Å²) in [7, 11) is 0. The van der Waals surface area contributed by atoms with Crippen molar-refractivity contribution in [1.29, 1.82) is 0 Å². The molecule has 0 saturated carbocycles. The van der Waals surface area contributed by atoms with Gasteiger partial charge in [0.25, 0.3) is 0 Å². The van der Waals surface area contributed by atoms with E-state index < -0.39 is 11.9 Å². The molecule has 3 aromatic rings. The van der Waals surface area contributed by atoms with Crippen LogP contribution in [-0.2, 0) is 16.1 Å². The SMILES string of the molecule is CSc1ccc(-c2nnc(C(=O)NCCC3CCN(Cc4ccccc4)CC3)o2)cc1.O=C(O)/C=C/C(=O)O. The van der Waals surface area contributed by atoms with Gasteiger partial charge in [0.1, 0.15) is 0 Å². The van der Waals surface area contributed by atoms with Crippen LogP contribution in [0.3, 0.4) is 0 Å².